The number of primary sulfonamides is 1. The molecule has 1 aromatic heterocycles. The van der Waals surface area contributed by atoms with E-state index in [-0.39, 0.29) is 10.8 Å². The predicted molar refractivity (Wildman–Crippen MR) is 92.2 cm³/mol. The van der Waals surface area contributed by atoms with Crippen LogP contribution in [0.1, 0.15) is 15.9 Å². The summed E-state index contributed by atoms with van der Waals surface area (Å²) >= 11 is 0. The van der Waals surface area contributed by atoms with E-state index in [1.807, 2.05) is 24.4 Å². The van der Waals surface area contributed by atoms with Crippen molar-refractivity contribution in [2.24, 2.45) is 5.14 Å². The number of carbonyl (C=O) groups excluding carboxylic acids is 1. The number of H-pyrrole nitrogens is 1. The minimum Gasteiger partial charge on any atom is -0.361 e. The maximum absolute atomic E-state index is 12.2. The fourth-order valence-corrected chi connectivity index (χ4v) is 2.97. The van der Waals surface area contributed by atoms with Gasteiger partial charge in [-0.25, -0.2) is 13.6 Å². The van der Waals surface area contributed by atoms with E-state index in [9.17, 15) is 13.2 Å². The van der Waals surface area contributed by atoms with Gasteiger partial charge in [-0.05, 0) is 47.7 Å². The molecule has 2 aromatic carbocycles. The summed E-state index contributed by atoms with van der Waals surface area (Å²) in [5.41, 5.74) is 2.43. The van der Waals surface area contributed by atoms with Crippen LogP contribution in [-0.4, -0.2) is 25.9 Å². The molecule has 1 amide bonds. The van der Waals surface area contributed by atoms with Crippen LogP contribution in [0, 0.1) is 0 Å². The van der Waals surface area contributed by atoms with E-state index in [4.69, 9.17) is 5.14 Å². The molecule has 0 aliphatic rings. The second kappa shape index (κ2) is 6.46. The van der Waals surface area contributed by atoms with Crippen molar-refractivity contribution in [2.75, 3.05) is 6.54 Å². The van der Waals surface area contributed by atoms with Gasteiger partial charge in [-0.3, -0.25) is 4.79 Å². The summed E-state index contributed by atoms with van der Waals surface area (Å²) in [6.07, 6.45) is 2.43. The van der Waals surface area contributed by atoms with Crippen LogP contribution in [0.5, 0.6) is 0 Å². The topological polar surface area (TPSA) is 105 Å². The van der Waals surface area contributed by atoms with Crippen LogP contribution < -0.4 is 10.5 Å². The van der Waals surface area contributed by atoms with Crippen molar-refractivity contribution in [3.63, 3.8) is 0 Å². The Labute approximate surface area is 139 Å². The molecule has 0 unspecified atom stereocenters. The molecule has 3 rings (SSSR count). The van der Waals surface area contributed by atoms with E-state index < -0.39 is 10.0 Å². The predicted octanol–water partition coefficient (Wildman–Crippen LogP) is 1.79. The molecule has 0 saturated carbocycles. The van der Waals surface area contributed by atoms with Gasteiger partial charge in [0.15, 0.2) is 0 Å². The molecule has 124 valence electrons. The molecule has 3 aromatic rings. The van der Waals surface area contributed by atoms with Gasteiger partial charge < -0.3 is 10.3 Å². The average molecular weight is 343 g/mol. The molecule has 0 bridgehead atoms. The molecular formula is C17H17N3O3S. The van der Waals surface area contributed by atoms with E-state index >= 15 is 0 Å². The van der Waals surface area contributed by atoms with Gasteiger partial charge >= 0.3 is 0 Å². The third-order valence-electron chi connectivity index (χ3n) is 3.77. The van der Waals surface area contributed by atoms with Gasteiger partial charge in [-0.2, -0.15) is 0 Å². The fraction of sp³-hybridized carbons (Fsp3) is 0.118. The highest BCUT2D eigenvalue weighted by molar-refractivity contribution is 7.89. The zero-order valence-electron chi connectivity index (χ0n) is 12.8. The highest BCUT2D eigenvalue weighted by Crippen LogP contribution is 2.14. The van der Waals surface area contributed by atoms with E-state index in [2.05, 4.69) is 10.3 Å². The van der Waals surface area contributed by atoms with Crippen LogP contribution >= 0.6 is 0 Å². The second-order valence-corrected chi connectivity index (χ2v) is 7.04. The number of aromatic amines is 1. The largest absolute Gasteiger partial charge is 0.361 e. The summed E-state index contributed by atoms with van der Waals surface area (Å²) in [5, 5.41) is 8.97. The summed E-state index contributed by atoms with van der Waals surface area (Å²) in [6, 6.07) is 13.7. The first kappa shape index (κ1) is 16.2. The van der Waals surface area contributed by atoms with Crippen LogP contribution in [0.4, 0.5) is 0 Å². The quantitative estimate of drug-likeness (QED) is 0.657. The number of sulfonamides is 1. The molecule has 24 heavy (non-hydrogen) atoms. The zero-order chi connectivity index (χ0) is 17.2. The molecule has 0 radical (unpaired) electrons. The number of fused-ring (bicyclic) bond motifs is 1. The summed E-state index contributed by atoms with van der Waals surface area (Å²) < 4.78 is 22.4. The van der Waals surface area contributed by atoms with Gasteiger partial charge in [0.25, 0.3) is 5.91 Å². The van der Waals surface area contributed by atoms with E-state index in [0.717, 1.165) is 16.5 Å². The van der Waals surface area contributed by atoms with Crippen LogP contribution in [0.15, 0.2) is 59.6 Å². The number of rotatable bonds is 5. The normalized spacial score (nSPS) is 11.5. The molecule has 0 atom stereocenters. The molecule has 7 heteroatoms. The number of hydrogen-bond acceptors (Lipinski definition) is 3. The smallest absolute Gasteiger partial charge is 0.251 e. The molecule has 0 saturated heterocycles. The number of hydrogen-bond donors (Lipinski definition) is 3. The second-order valence-electron chi connectivity index (χ2n) is 5.47. The lowest BCUT2D eigenvalue weighted by atomic mass is 10.1. The van der Waals surface area contributed by atoms with Crippen molar-refractivity contribution in [2.45, 2.75) is 11.3 Å². The maximum atomic E-state index is 12.2. The number of aromatic nitrogens is 1. The van der Waals surface area contributed by atoms with Crippen molar-refractivity contribution >= 4 is 26.8 Å². The number of nitrogens with two attached hydrogens (primary N) is 1. The Kier molecular flexibility index (Phi) is 4.37. The van der Waals surface area contributed by atoms with Crippen molar-refractivity contribution < 1.29 is 13.2 Å². The average Bonchev–Trinajstić information content (AvgIpc) is 3.02. The first-order chi connectivity index (χ1) is 11.4. The van der Waals surface area contributed by atoms with Crippen molar-refractivity contribution in [3.05, 3.63) is 65.9 Å². The molecule has 0 aliphatic carbocycles. The van der Waals surface area contributed by atoms with Gasteiger partial charge in [-0.15, -0.1) is 0 Å². The fourth-order valence-electron chi connectivity index (χ4n) is 2.46. The number of benzene rings is 2. The highest BCUT2D eigenvalue weighted by atomic mass is 32.2. The molecule has 1 heterocycles. The summed E-state index contributed by atoms with van der Waals surface area (Å²) in [6.45, 7) is 0.455. The Morgan fingerprint density at radius 3 is 2.54 bits per heavy atom. The number of carbonyl (C=O) groups is 1. The third-order valence-corrected chi connectivity index (χ3v) is 4.70. The van der Waals surface area contributed by atoms with E-state index in [1.165, 1.54) is 12.1 Å². The monoisotopic (exact) mass is 343 g/mol. The van der Waals surface area contributed by atoms with E-state index in [1.54, 1.807) is 18.2 Å². The first-order valence-electron chi connectivity index (χ1n) is 7.40. The SMILES string of the molecule is NS(=O)(=O)c1ccc(CCNC(=O)c2ccc3cc[nH]c3c2)cc1. The van der Waals surface area contributed by atoms with Gasteiger partial charge in [0.2, 0.25) is 10.0 Å². The third kappa shape index (κ3) is 3.64. The molecule has 0 aliphatic heterocycles. The van der Waals surface area contributed by atoms with Crippen molar-refractivity contribution in [1.82, 2.24) is 10.3 Å². The standard InChI is InChI=1S/C17H17N3O3S/c18-24(22,23)15-5-1-12(2-6-15)7-9-20-17(21)14-4-3-13-8-10-19-16(13)11-14/h1-6,8,10-11,19H,7,9H2,(H,20,21)(H2,18,22,23). The van der Waals surface area contributed by atoms with Crippen LogP contribution in [0.2, 0.25) is 0 Å². The van der Waals surface area contributed by atoms with Gasteiger partial charge in [0.05, 0.1) is 4.90 Å². The van der Waals surface area contributed by atoms with Gasteiger partial charge in [0, 0.05) is 23.8 Å². The van der Waals surface area contributed by atoms with Gasteiger partial charge in [0.1, 0.15) is 0 Å². The Morgan fingerprint density at radius 2 is 1.83 bits per heavy atom. The molecule has 4 N–H and O–H groups in total. The molecule has 6 nitrogen and oxygen atoms in total. The van der Waals surface area contributed by atoms with Crippen LogP contribution in [0.3, 0.4) is 0 Å². The first-order valence-corrected chi connectivity index (χ1v) is 8.95. The van der Waals surface area contributed by atoms with Crippen LogP contribution in [-0.2, 0) is 16.4 Å². The van der Waals surface area contributed by atoms with Crippen molar-refractivity contribution in [1.29, 1.82) is 0 Å². The Bertz CT molecular complexity index is 976. The number of nitrogens with one attached hydrogen (secondary N) is 2. The lowest BCUT2D eigenvalue weighted by molar-refractivity contribution is 0.0954. The Morgan fingerprint density at radius 1 is 1.08 bits per heavy atom. The number of amides is 1. The molecular weight excluding hydrogens is 326 g/mol. The minimum atomic E-state index is -3.68. The lowest BCUT2D eigenvalue weighted by Crippen LogP contribution is -2.25. The Balaban J connectivity index is 1.58. The van der Waals surface area contributed by atoms with Crippen molar-refractivity contribution in [3.8, 4) is 0 Å². The summed E-state index contributed by atoms with van der Waals surface area (Å²) in [5.74, 6) is -0.146. The highest BCUT2D eigenvalue weighted by Gasteiger charge is 2.08. The maximum Gasteiger partial charge on any atom is 0.251 e. The van der Waals surface area contributed by atoms with Crippen LogP contribution in [0.25, 0.3) is 10.9 Å². The van der Waals surface area contributed by atoms with Gasteiger partial charge in [-0.1, -0.05) is 18.2 Å². The summed E-state index contributed by atoms with van der Waals surface area (Å²) in [4.78, 5) is 15.3. The minimum absolute atomic E-state index is 0.0783. The lowest BCUT2D eigenvalue weighted by Gasteiger charge is -2.06. The molecule has 0 spiro atoms. The zero-order valence-corrected chi connectivity index (χ0v) is 13.6. The summed E-state index contributed by atoms with van der Waals surface area (Å²) in [7, 11) is -3.68. The van der Waals surface area contributed by atoms with E-state index in [0.29, 0.717) is 18.5 Å². The molecule has 0 fully saturated rings. The Hall–Kier alpha value is -2.64.